The molecule has 0 saturated heterocycles. The first-order valence-electron chi connectivity index (χ1n) is 9.69. The lowest BCUT2D eigenvalue weighted by molar-refractivity contribution is 0.0934. The predicted molar refractivity (Wildman–Crippen MR) is 116 cm³/mol. The molecule has 1 atom stereocenters. The Balaban J connectivity index is 1.55. The maximum absolute atomic E-state index is 13.7. The molecule has 0 bridgehead atoms. The first-order valence-corrected chi connectivity index (χ1v) is 12.2. The first kappa shape index (κ1) is 21.6. The van der Waals surface area contributed by atoms with E-state index in [2.05, 4.69) is 10.0 Å². The van der Waals surface area contributed by atoms with E-state index in [9.17, 15) is 17.6 Å². The number of carbonyl (C=O) groups excluding carboxylic acids is 1. The lowest BCUT2D eigenvalue weighted by Crippen LogP contribution is -2.31. The summed E-state index contributed by atoms with van der Waals surface area (Å²) in [6.07, 6.45) is 2.13. The molecule has 3 aromatic rings. The number of carbonyl (C=O) groups is 1. The summed E-state index contributed by atoms with van der Waals surface area (Å²) in [7, 11) is -3.84. The number of rotatable bonds is 6. The Morgan fingerprint density at radius 3 is 2.84 bits per heavy atom. The number of hydrogen-bond donors (Lipinski definition) is 2. The van der Waals surface area contributed by atoms with Crippen molar-refractivity contribution < 1.29 is 22.0 Å². The van der Waals surface area contributed by atoms with Crippen LogP contribution in [0.2, 0.25) is 0 Å². The van der Waals surface area contributed by atoms with Gasteiger partial charge in [-0.3, -0.25) is 4.79 Å². The Morgan fingerprint density at radius 2 is 2.06 bits per heavy atom. The third-order valence-electron chi connectivity index (χ3n) is 5.10. The zero-order chi connectivity index (χ0) is 22.0. The molecule has 0 radical (unpaired) electrons. The van der Waals surface area contributed by atoms with Gasteiger partial charge in [0.2, 0.25) is 10.0 Å². The standard InChI is InChI=1S/C22H21FN2O4S2/c1-14-4-6-17(31(27,28)24-13-16-3-2-9-29-16)12-18(14)22(26)25-20-8-10-30-21-7-5-15(23)11-19(20)21/h2-7,9,11-12,20,24H,8,10,13H2,1H3,(H,25,26). The third-order valence-corrected chi connectivity index (χ3v) is 7.62. The van der Waals surface area contributed by atoms with E-state index in [0.29, 0.717) is 17.7 Å². The van der Waals surface area contributed by atoms with E-state index in [4.69, 9.17) is 4.42 Å². The highest BCUT2D eigenvalue weighted by Gasteiger charge is 2.25. The van der Waals surface area contributed by atoms with Crippen molar-refractivity contribution in [3.05, 3.63) is 83.1 Å². The summed E-state index contributed by atoms with van der Waals surface area (Å²) < 4.78 is 46.7. The zero-order valence-electron chi connectivity index (χ0n) is 16.7. The van der Waals surface area contributed by atoms with Gasteiger partial charge in [0.15, 0.2) is 0 Å². The highest BCUT2D eigenvalue weighted by Crippen LogP contribution is 2.36. The molecule has 0 aliphatic carbocycles. The predicted octanol–water partition coefficient (Wildman–Crippen LogP) is 4.17. The van der Waals surface area contributed by atoms with E-state index in [0.717, 1.165) is 16.2 Å². The van der Waals surface area contributed by atoms with Crippen LogP contribution in [-0.4, -0.2) is 20.1 Å². The van der Waals surface area contributed by atoms with Gasteiger partial charge in [0.1, 0.15) is 11.6 Å². The maximum Gasteiger partial charge on any atom is 0.252 e. The zero-order valence-corrected chi connectivity index (χ0v) is 18.4. The number of nitrogens with one attached hydrogen (secondary N) is 2. The number of furan rings is 1. The average Bonchev–Trinajstić information content (AvgIpc) is 3.27. The second-order valence-corrected chi connectivity index (χ2v) is 10.1. The Morgan fingerprint density at radius 1 is 1.23 bits per heavy atom. The molecule has 1 aliphatic rings. The van der Waals surface area contributed by atoms with E-state index in [1.807, 2.05) is 0 Å². The minimum atomic E-state index is -3.84. The average molecular weight is 461 g/mol. The van der Waals surface area contributed by atoms with Crippen LogP contribution in [0.5, 0.6) is 0 Å². The van der Waals surface area contributed by atoms with E-state index < -0.39 is 15.9 Å². The molecule has 1 aromatic heterocycles. The molecular formula is C22H21FN2O4S2. The number of sulfonamides is 1. The van der Waals surface area contributed by atoms with E-state index in [-0.39, 0.29) is 28.9 Å². The van der Waals surface area contributed by atoms with E-state index in [1.165, 1.54) is 30.5 Å². The molecule has 31 heavy (non-hydrogen) atoms. The molecule has 2 heterocycles. The number of halogens is 1. The van der Waals surface area contributed by atoms with Crippen LogP contribution in [0.1, 0.15) is 39.7 Å². The van der Waals surface area contributed by atoms with Crippen molar-refractivity contribution >= 4 is 27.7 Å². The monoisotopic (exact) mass is 460 g/mol. The van der Waals surface area contributed by atoms with Crippen molar-refractivity contribution in [1.82, 2.24) is 10.0 Å². The second-order valence-electron chi connectivity index (χ2n) is 7.23. The molecule has 1 aliphatic heterocycles. The Labute approximate surface area is 184 Å². The number of thioether (sulfide) groups is 1. The normalized spacial score (nSPS) is 16.0. The molecule has 6 nitrogen and oxygen atoms in total. The van der Waals surface area contributed by atoms with E-state index >= 15 is 0 Å². The van der Waals surface area contributed by atoms with Crippen molar-refractivity contribution in [2.24, 2.45) is 0 Å². The van der Waals surface area contributed by atoms with Crippen LogP contribution in [0.4, 0.5) is 4.39 Å². The van der Waals surface area contributed by atoms with Gasteiger partial charge >= 0.3 is 0 Å². The van der Waals surface area contributed by atoms with Crippen molar-refractivity contribution in [3.63, 3.8) is 0 Å². The number of benzene rings is 2. The highest BCUT2D eigenvalue weighted by molar-refractivity contribution is 7.99. The molecular weight excluding hydrogens is 439 g/mol. The fourth-order valence-corrected chi connectivity index (χ4v) is 5.55. The van der Waals surface area contributed by atoms with Crippen LogP contribution in [0.25, 0.3) is 0 Å². The van der Waals surface area contributed by atoms with Crippen LogP contribution in [0, 0.1) is 12.7 Å². The fourth-order valence-electron chi connectivity index (χ4n) is 3.43. The van der Waals surface area contributed by atoms with Gasteiger partial charge in [-0.05, 0) is 66.9 Å². The van der Waals surface area contributed by atoms with Gasteiger partial charge < -0.3 is 9.73 Å². The first-order chi connectivity index (χ1) is 14.8. The largest absolute Gasteiger partial charge is 0.468 e. The molecule has 2 aromatic carbocycles. The smallest absolute Gasteiger partial charge is 0.252 e. The summed E-state index contributed by atoms with van der Waals surface area (Å²) in [6.45, 7) is 1.75. The van der Waals surface area contributed by atoms with Crippen LogP contribution in [-0.2, 0) is 16.6 Å². The summed E-state index contributed by atoms with van der Waals surface area (Å²) in [5.74, 6) is 0.531. The van der Waals surface area contributed by atoms with Crippen LogP contribution in [0.3, 0.4) is 0 Å². The van der Waals surface area contributed by atoms with Gasteiger partial charge in [0, 0.05) is 16.2 Å². The summed E-state index contributed by atoms with van der Waals surface area (Å²) in [5, 5.41) is 2.94. The molecule has 0 fully saturated rings. The maximum atomic E-state index is 13.7. The number of aryl methyl sites for hydroxylation is 1. The third kappa shape index (κ3) is 4.84. The van der Waals surface area contributed by atoms with Crippen LogP contribution >= 0.6 is 11.8 Å². The Kier molecular flexibility index (Phi) is 6.17. The fraction of sp³-hybridized carbons (Fsp3) is 0.227. The topological polar surface area (TPSA) is 88.4 Å². The molecule has 2 N–H and O–H groups in total. The number of hydrogen-bond acceptors (Lipinski definition) is 5. The van der Waals surface area contributed by atoms with Gasteiger partial charge in [-0.2, -0.15) is 0 Å². The Hall–Kier alpha value is -2.62. The molecule has 1 unspecified atom stereocenters. The van der Waals surface area contributed by atoms with Crippen LogP contribution < -0.4 is 10.0 Å². The van der Waals surface area contributed by atoms with Crippen molar-refractivity contribution in [2.45, 2.75) is 35.7 Å². The molecule has 9 heteroatoms. The van der Waals surface area contributed by atoms with Crippen molar-refractivity contribution in [3.8, 4) is 0 Å². The van der Waals surface area contributed by atoms with E-state index in [1.54, 1.807) is 43.0 Å². The molecule has 0 spiro atoms. The van der Waals surface area contributed by atoms with Gasteiger partial charge in [0.25, 0.3) is 5.91 Å². The summed E-state index contributed by atoms with van der Waals surface area (Å²) in [6, 6.07) is 12.0. The minimum Gasteiger partial charge on any atom is -0.468 e. The van der Waals surface area contributed by atoms with Crippen LogP contribution in [0.15, 0.2) is 69.0 Å². The Bertz CT molecular complexity index is 1210. The quantitative estimate of drug-likeness (QED) is 0.576. The molecule has 4 rings (SSSR count). The summed E-state index contributed by atoms with van der Waals surface area (Å²) in [4.78, 5) is 13.9. The lowest BCUT2D eigenvalue weighted by Gasteiger charge is -2.26. The van der Waals surface area contributed by atoms with Crippen molar-refractivity contribution in [2.75, 3.05) is 5.75 Å². The second kappa shape index (κ2) is 8.86. The number of fused-ring (bicyclic) bond motifs is 1. The van der Waals surface area contributed by atoms with Gasteiger partial charge in [-0.1, -0.05) is 6.07 Å². The molecule has 162 valence electrons. The lowest BCUT2D eigenvalue weighted by atomic mass is 10.0. The molecule has 0 saturated carbocycles. The van der Waals surface area contributed by atoms with Gasteiger partial charge in [0.05, 0.1) is 23.7 Å². The van der Waals surface area contributed by atoms with Gasteiger partial charge in [-0.25, -0.2) is 17.5 Å². The number of amides is 1. The minimum absolute atomic E-state index is 0.00677. The van der Waals surface area contributed by atoms with Gasteiger partial charge in [-0.15, -0.1) is 11.8 Å². The SMILES string of the molecule is Cc1ccc(S(=O)(=O)NCc2ccco2)cc1C(=O)NC1CCSc2ccc(F)cc21. The summed E-state index contributed by atoms with van der Waals surface area (Å²) in [5.41, 5.74) is 1.65. The molecule has 1 amide bonds. The van der Waals surface area contributed by atoms with Crippen molar-refractivity contribution in [1.29, 1.82) is 0 Å². The summed E-state index contributed by atoms with van der Waals surface area (Å²) >= 11 is 1.62. The highest BCUT2D eigenvalue weighted by atomic mass is 32.2.